The van der Waals surface area contributed by atoms with Gasteiger partial charge in [-0.25, -0.2) is 0 Å². The highest BCUT2D eigenvalue weighted by Gasteiger charge is 2.05. The zero-order valence-electron chi connectivity index (χ0n) is 4.82. The molecule has 0 aromatic heterocycles. The third-order valence-electron chi connectivity index (χ3n) is 1.72. The van der Waals surface area contributed by atoms with Crippen molar-refractivity contribution in [3.63, 3.8) is 0 Å². The van der Waals surface area contributed by atoms with E-state index in [1.165, 1.54) is 32.1 Å². The van der Waals surface area contributed by atoms with Crippen molar-refractivity contribution in [1.29, 1.82) is 0 Å². The van der Waals surface area contributed by atoms with Gasteiger partial charge in [-0.15, -0.1) is 0 Å². The van der Waals surface area contributed by atoms with Gasteiger partial charge in [0.1, 0.15) is 0 Å². The largest absolute Gasteiger partial charge is 0.0908 e. The van der Waals surface area contributed by atoms with E-state index < -0.39 is 0 Å². The minimum absolute atomic E-state index is 0.786. The molecule has 1 saturated carbocycles. The first kappa shape index (κ1) is 5.21. The third-order valence-corrected chi connectivity index (χ3v) is 1.72. The summed E-state index contributed by atoms with van der Waals surface area (Å²) >= 11 is 0. The maximum Gasteiger partial charge on any atom is 0.0908 e. The molecule has 0 amide bonds. The second-order valence-electron chi connectivity index (χ2n) is 2.50. The molecule has 0 nitrogen and oxygen atoms in total. The van der Waals surface area contributed by atoms with E-state index in [4.69, 9.17) is 0 Å². The molecule has 0 bridgehead atoms. The van der Waals surface area contributed by atoms with E-state index in [0.29, 0.717) is 0 Å². The Labute approximate surface area is 46.7 Å². The zero-order valence-corrected chi connectivity index (χ0v) is 4.82. The zero-order chi connectivity index (χ0) is 5.11. The quantitative estimate of drug-likeness (QED) is 0.401. The first-order valence-corrected chi connectivity index (χ1v) is 3.22. The third kappa shape index (κ3) is 1.54. The molecule has 1 rings (SSSR count). The molecule has 0 atom stereocenters. The second kappa shape index (κ2) is 2.39. The fourth-order valence-electron chi connectivity index (χ4n) is 1.19. The summed E-state index contributed by atoms with van der Waals surface area (Å²) in [4.78, 5) is 0. The molecule has 0 aliphatic heterocycles. The molecule has 0 unspecified atom stereocenters. The van der Waals surface area contributed by atoms with E-state index >= 15 is 0 Å². The molecule has 1 aliphatic carbocycles. The summed E-state index contributed by atoms with van der Waals surface area (Å²) < 4.78 is 0. The van der Waals surface area contributed by atoms with E-state index in [-0.39, 0.29) is 0 Å². The number of hydrogen-bond acceptors (Lipinski definition) is 0. The summed E-state index contributed by atoms with van der Waals surface area (Å²) in [5.74, 6) is 0.786. The predicted molar refractivity (Wildman–Crippen MR) is 34.0 cm³/mol. The molecule has 1 heteroatoms. The van der Waals surface area contributed by atoms with Gasteiger partial charge in [0.2, 0.25) is 0 Å². The van der Waals surface area contributed by atoms with Crippen molar-refractivity contribution in [3.05, 3.63) is 0 Å². The molecule has 1 fully saturated rings. The lowest BCUT2D eigenvalue weighted by Crippen LogP contribution is -1.98. The summed E-state index contributed by atoms with van der Waals surface area (Å²) in [5.41, 5.74) is 0. The van der Waals surface area contributed by atoms with Gasteiger partial charge >= 0.3 is 0 Å². The van der Waals surface area contributed by atoms with Crippen LogP contribution in [0.25, 0.3) is 0 Å². The number of hydrogen-bond donors (Lipinski definition) is 0. The van der Waals surface area contributed by atoms with Gasteiger partial charge in [-0.2, -0.15) is 0 Å². The molecule has 0 heterocycles. The van der Waals surface area contributed by atoms with Crippen LogP contribution in [0.1, 0.15) is 32.1 Å². The molecule has 0 spiro atoms. The van der Waals surface area contributed by atoms with E-state index in [0.717, 1.165) is 5.82 Å². The fourth-order valence-corrected chi connectivity index (χ4v) is 1.19. The van der Waals surface area contributed by atoms with Crippen LogP contribution in [0.3, 0.4) is 0 Å². The maximum absolute atomic E-state index is 4.00. The standard InChI is InChI=1S/C6H12B/c7-6-4-2-1-3-5-6/h6-7H,1-5H2. The highest BCUT2D eigenvalue weighted by Crippen LogP contribution is 2.24. The van der Waals surface area contributed by atoms with Crippen molar-refractivity contribution in [2.45, 2.75) is 37.9 Å². The van der Waals surface area contributed by atoms with Gasteiger partial charge < -0.3 is 0 Å². The summed E-state index contributed by atoms with van der Waals surface area (Å²) in [7, 11) is 4.00. The molecule has 1 radical (unpaired) electrons. The Morgan fingerprint density at radius 2 is 1.57 bits per heavy atom. The Bertz CT molecular complexity index is 46.1. The first-order chi connectivity index (χ1) is 3.39. The molecule has 0 aromatic rings. The predicted octanol–water partition coefficient (Wildman–Crippen LogP) is 1.64. The highest BCUT2D eigenvalue weighted by atomic mass is 14.1. The van der Waals surface area contributed by atoms with Crippen molar-refractivity contribution >= 4 is 7.85 Å². The lowest BCUT2D eigenvalue weighted by molar-refractivity contribution is 0.504. The Kier molecular flexibility index (Phi) is 1.78. The van der Waals surface area contributed by atoms with Crippen molar-refractivity contribution in [2.75, 3.05) is 0 Å². The van der Waals surface area contributed by atoms with Gasteiger partial charge in [-0.05, 0) is 0 Å². The average Bonchev–Trinajstić information content (AvgIpc) is 1.69. The summed E-state index contributed by atoms with van der Waals surface area (Å²) in [5, 5.41) is 0. The van der Waals surface area contributed by atoms with Crippen LogP contribution in [0.15, 0.2) is 0 Å². The summed E-state index contributed by atoms with van der Waals surface area (Å²) in [6, 6.07) is 0. The second-order valence-corrected chi connectivity index (χ2v) is 2.50. The molecule has 0 aromatic carbocycles. The van der Waals surface area contributed by atoms with Crippen molar-refractivity contribution in [2.24, 2.45) is 0 Å². The average molecular weight is 95.0 g/mol. The van der Waals surface area contributed by atoms with Gasteiger partial charge in [0.05, 0.1) is 7.85 Å². The molecule has 0 saturated heterocycles. The Balaban J connectivity index is 2.12. The maximum atomic E-state index is 4.00. The molecule has 0 N–H and O–H groups in total. The molecular formula is C6H12B. The topological polar surface area (TPSA) is 0 Å². The lowest BCUT2D eigenvalue weighted by Gasteiger charge is -2.15. The van der Waals surface area contributed by atoms with E-state index in [9.17, 15) is 0 Å². The Morgan fingerprint density at radius 1 is 1.00 bits per heavy atom. The molecule has 39 valence electrons. The van der Waals surface area contributed by atoms with E-state index in [2.05, 4.69) is 7.85 Å². The molecule has 7 heavy (non-hydrogen) atoms. The van der Waals surface area contributed by atoms with Crippen LogP contribution in [-0.2, 0) is 0 Å². The van der Waals surface area contributed by atoms with Crippen molar-refractivity contribution < 1.29 is 0 Å². The summed E-state index contributed by atoms with van der Waals surface area (Å²) in [6.45, 7) is 0. The number of rotatable bonds is 0. The van der Waals surface area contributed by atoms with Gasteiger partial charge in [-0.3, -0.25) is 0 Å². The van der Waals surface area contributed by atoms with Crippen LogP contribution in [0.5, 0.6) is 0 Å². The van der Waals surface area contributed by atoms with Crippen molar-refractivity contribution in [1.82, 2.24) is 0 Å². The van der Waals surface area contributed by atoms with Gasteiger partial charge in [0.15, 0.2) is 0 Å². The van der Waals surface area contributed by atoms with Crippen LogP contribution >= 0.6 is 0 Å². The fraction of sp³-hybridized carbons (Fsp3) is 1.00. The minimum Gasteiger partial charge on any atom is -0.0733 e. The smallest absolute Gasteiger partial charge is 0.0733 e. The molecular weight excluding hydrogens is 82.9 g/mol. The van der Waals surface area contributed by atoms with Gasteiger partial charge in [-0.1, -0.05) is 37.9 Å². The van der Waals surface area contributed by atoms with E-state index in [1.54, 1.807) is 0 Å². The Hall–Kier alpha value is 0.0649. The van der Waals surface area contributed by atoms with Crippen LogP contribution in [-0.4, -0.2) is 7.85 Å². The summed E-state index contributed by atoms with van der Waals surface area (Å²) in [6.07, 6.45) is 7.05. The Morgan fingerprint density at radius 3 is 1.86 bits per heavy atom. The van der Waals surface area contributed by atoms with Crippen LogP contribution in [0.2, 0.25) is 5.82 Å². The lowest BCUT2D eigenvalue weighted by atomic mass is 9.76. The SMILES string of the molecule is [BH]C1CCCCC1. The first-order valence-electron chi connectivity index (χ1n) is 3.22. The van der Waals surface area contributed by atoms with Crippen molar-refractivity contribution in [3.8, 4) is 0 Å². The van der Waals surface area contributed by atoms with E-state index in [1.807, 2.05) is 0 Å². The normalized spacial score (nSPS) is 25.1. The van der Waals surface area contributed by atoms with Crippen LogP contribution in [0.4, 0.5) is 0 Å². The van der Waals surface area contributed by atoms with Crippen LogP contribution < -0.4 is 0 Å². The van der Waals surface area contributed by atoms with Crippen LogP contribution in [0, 0.1) is 0 Å². The monoisotopic (exact) mass is 95.1 g/mol. The molecule has 1 aliphatic rings. The highest BCUT2D eigenvalue weighted by molar-refractivity contribution is 6.11. The van der Waals surface area contributed by atoms with Gasteiger partial charge in [0, 0.05) is 0 Å². The minimum atomic E-state index is 0.786. The van der Waals surface area contributed by atoms with Gasteiger partial charge in [0.25, 0.3) is 0 Å².